The number of phenolic OH excluding ortho intramolecular Hbond substituents is 1. The number of hydrogen-bond donors (Lipinski definition) is 1. The summed E-state index contributed by atoms with van der Waals surface area (Å²) in [6.45, 7) is 11.6. The van der Waals surface area contributed by atoms with Gasteiger partial charge in [0, 0.05) is 11.5 Å². The summed E-state index contributed by atoms with van der Waals surface area (Å²) in [5.74, 6) is 3.60. The molecule has 3 nitrogen and oxygen atoms in total. The molecule has 2 aromatic carbocycles. The molecule has 1 heterocycles. The highest BCUT2D eigenvalue weighted by atomic mass is 16.5. The summed E-state index contributed by atoms with van der Waals surface area (Å²) in [5.41, 5.74) is 2.82. The number of benzene rings is 2. The molecule has 0 amide bonds. The molecule has 1 N–H and O–H groups in total. The maximum absolute atomic E-state index is 11.0. The fourth-order valence-corrected chi connectivity index (χ4v) is 5.20. The predicted molar refractivity (Wildman–Crippen MR) is 118 cm³/mol. The minimum atomic E-state index is -0.242. The van der Waals surface area contributed by atoms with Gasteiger partial charge in [-0.25, -0.2) is 0 Å². The molecule has 1 aliphatic heterocycles. The monoisotopic (exact) mass is 394 g/mol. The van der Waals surface area contributed by atoms with Crippen molar-refractivity contribution in [2.75, 3.05) is 6.61 Å². The molecule has 0 radical (unpaired) electrons. The van der Waals surface area contributed by atoms with Gasteiger partial charge in [0.2, 0.25) is 0 Å². The molecular weight excluding hydrogens is 360 g/mol. The average molecular weight is 395 g/mol. The fourth-order valence-electron chi connectivity index (χ4n) is 5.20. The first kappa shape index (κ1) is 20.1. The number of aromatic hydroxyl groups is 1. The van der Waals surface area contributed by atoms with E-state index in [1.54, 1.807) is 0 Å². The van der Waals surface area contributed by atoms with E-state index in [4.69, 9.17) is 9.47 Å². The Bertz CT molecular complexity index is 869. The molecular formula is C26H34O3. The molecule has 0 saturated heterocycles. The standard InChI is InChI=1S/C26H34O3/c1-16(2)15-28-25-22(27)14-20-19-13-17(3)11-12-21(19)26(4,5)29-24(20)23(25)18-9-7-6-8-10-18/h6-10,14,16-17,19,21,27H,11-13,15H2,1-5H3/t17-,19+,21-/m1/s1. The summed E-state index contributed by atoms with van der Waals surface area (Å²) in [6.07, 6.45) is 3.56. The Morgan fingerprint density at radius 2 is 1.90 bits per heavy atom. The summed E-state index contributed by atoms with van der Waals surface area (Å²) in [7, 11) is 0. The minimum absolute atomic E-state index is 0.225. The van der Waals surface area contributed by atoms with Gasteiger partial charge in [-0.1, -0.05) is 57.5 Å². The Kier molecular flexibility index (Phi) is 5.27. The zero-order valence-corrected chi connectivity index (χ0v) is 18.4. The van der Waals surface area contributed by atoms with Gasteiger partial charge in [0.15, 0.2) is 11.5 Å². The van der Waals surface area contributed by atoms with E-state index < -0.39 is 0 Å². The molecule has 1 aliphatic carbocycles. The third-order valence-electron chi connectivity index (χ3n) is 6.63. The molecule has 29 heavy (non-hydrogen) atoms. The van der Waals surface area contributed by atoms with Crippen molar-refractivity contribution in [3.63, 3.8) is 0 Å². The van der Waals surface area contributed by atoms with Gasteiger partial charge in [-0.3, -0.25) is 0 Å². The summed E-state index contributed by atoms with van der Waals surface area (Å²) in [5, 5.41) is 11.0. The fraction of sp³-hybridized carbons (Fsp3) is 0.538. The zero-order valence-electron chi connectivity index (χ0n) is 18.4. The average Bonchev–Trinajstić information content (AvgIpc) is 2.67. The van der Waals surface area contributed by atoms with Crippen LogP contribution >= 0.6 is 0 Å². The van der Waals surface area contributed by atoms with Crippen LogP contribution in [-0.4, -0.2) is 17.3 Å². The highest BCUT2D eigenvalue weighted by Gasteiger charge is 2.47. The second-order valence-electron chi connectivity index (χ2n) is 9.93. The largest absolute Gasteiger partial charge is 0.504 e. The molecule has 3 heteroatoms. The van der Waals surface area contributed by atoms with Crippen molar-refractivity contribution in [3.8, 4) is 28.4 Å². The van der Waals surface area contributed by atoms with Gasteiger partial charge >= 0.3 is 0 Å². The van der Waals surface area contributed by atoms with Crippen LogP contribution in [-0.2, 0) is 0 Å². The van der Waals surface area contributed by atoms with Crippen LogP contribution in [0.5, 0.6) is 17.2 Å². The molecule has 156 valence electrons. The van der Waals surface area contributed by atoms with E-state index in [9.17, 15) is 5.11 Å². The van der Waals surface area contributed by atoms with Crippen molar-refractivity contribution in [1.82, 2.24) is 0 Å². The molecule has 1 saturated carbocycles. The highest BCUT2D eigenvalue weighted by Crippen LogP contribution is 2.58. The van der Waals surface area contributed by atoms with E-state index in [-0.39, 0.29) is 11.4 Å². The molecule has 3 atom stereocenters. The van der Waals surface area contributed by atoms with Crippen LogP contribution in [0.2, 0.25) is 0 Å². The molecule has 2 aliphatic rings. The van der Waals surface area contributed by atoms with Crippen LogP contribution in [0.4, 0.5) is 0 Å². The second-order valence-corrected chi connectivity index (χ2v) is 9.93. The van der Waals surface area contributed by atoms with Crippen molar-refractivity contribution in [2.24, 2.45) is 17.8 Å². The first-order valence-corrected chi connectivity index (χ1v) is 11.0. The van der Waals surface area contributed by atoms with E-state index >= 15 is 0 Å². The van der Waals surface area contributed by atoms with E-state index in [1.807, 2.05) is 24.3 Å². The van der Waals surface area contributed by atoms with Crippen LogP contribution in [0, 0.1) is 17.8 Å². The normalized spacial score (nSPS) is 25.1. The summed E-state index contributed by atoms with van der Waals surface area (Å²) in [4.78, 5) is 0. The van der Waals surface area contributed by atoms with Crippen LogP contribution < -0.4 is 9.47 Å². The molecule has 1 fully saturated rings. The lowest BCUT2D eigenvalue weighted by atomic mass is 9.64. The number of hydrogen-bond acceptors (Lipinski definition) is 3. The lowest BCUT2D eigenvalue weighted by Crippen LogP contribution is -2.46. The number of rotatable bonds is 4. The van der Waals surface area contributed by atoms with Crippen molar-refractivity contribution < 1.29 is 14.6 Å². The van der Waals surface area contributed by atoms with E-state index in [0.29, 0.717) is 36.0 Å². The van der Waals surface area contributed by atoms with Crippen LogP contribution in [0.1, 0.15) is 65.4 Å². The van der Waals surface area contributed by atoms with Gasteiger partial charge in [0.1, 0.15) is 11.4 Å². The SMILES string of the molecule is CC(C)COc1c(O)cc2c(c1-c1ccccc1)OC(C)(C)[C@@H]1CC[C@@H](C)C[C@@H]21. The van der Waals surface area contributed by atoms with Gasteiger partial charge in [0.25, 0.3) is 0 Å². The summed E-state index contributed by atoms with van der Waals surface area (Å²) >= 11 is 0. The molecule has 0 spiro atoms. The molecule has 0 unspecified atom stereocenters. The third kappa shape index (κ3) is 3.72. The lowest BCUT2D eigenvalue weighted by Gasteiger charge is -2.49. The third-order valence-corrected chi connectivity index (χ3v) is 6.63. The van der Waals surface area contributed by atoms with E-state index in [1.165, 1.54) is 12.8 Å². The highest BCUT2D eigenvalue weighted by molar-refractivity contribution is 5.82. The topological polar surface area (TPSA) is 38.7 Å². The summed E-state index contributed by atoms with van der Waals surface area (Å²) < 4.78 is 12.9. The number of fused-ring (bicyclic) bond motifs is 3. The van der Waals surface area contributed by atoms with E-state index in [0.717, 1.165) is 28.9 Å². The quantitative estimate of drug-likeness (QED) is 0.621. The van der Waals surface area contributed by atoms with E-state index in [2.05, 4.69) is 46.8 Å². The van der Waals surface area contributed by atoms with Crippen molar-refractivity contribution in [3.05, 3.63) is 42.0 Å². The predicted octanol–water partition coefficient (Wildman–Crippen LogP) is 6.78. The lowest BCUT2D eigenvalue weighted by molar-refractivity contribution is -0.0134. The maximum atomic E-state index is 11.0. The van der Waals surface area contributed by atoms with Gasteiger partial charge in [0.05, 0.1) is 12.2 Å². The Hall–Kier alpha value is -2.16. The second kappa shape index (κ2) is 7.59. The first-order chi connectivity index (χ1) is 13.8. The summed E-state index contributed by atoms with van der Waals surface area (Å²) in [6, 6.07) is 12.1. The van der Waals surface area contributed by atoms with Crippen LogP contribution in [0.15, 0.2) is 36.4 Å². The van der Waals surface area contributed by atoms with Crippen LogP contribution in [0.3, 0.4) is 0 Å². The zero-order chi connectivity index (χ0) is 20.8. The number of phenols is 1. The molecule has 0 bridgehead atoms. The van der Waals surface area contributed by atoms with Crippen molar-refractivity contribution in [2.45, 2.75) is 65.4 Å². The van der Waals surface area contributed by atoms with Crippen molar-refractivity contribution >= 4 is 0 Å². The Morgan fingerprint density at radius 3 is 2.59 bits per heavy atom. The smallest absolute Gasteiger partial charge is 0.172 e. The molecule has 0 aromatic heterocycles. The molecule has 2 aromatic rings. The van der Waals surface area contributed by atoms with Crippen LogP contribution in [0.25, 0.3) is 11.1 Å². The van der Waals surface area contributed by atoms with Crippen molar-refractivity contribution in [1.29, 1.82) is 0 Å². The Morgan fingerprint density at radius 1 is 1.17 bits per heavy atom. The first-order valence-electron chi connectivity index (χ1n) is 11.0. The van der Waals surface area contributed by atoms with Gasteiger partial charge in [-0.2, -0.15) is 0 Å². The molecule has 4 rings (SSSR count). The Labute approximate surface area is 175 Å². The van der Waals surface area contributed by atoms with Gasteiger partial charge in [-0.05, 0) is 56.1 Å². The number of ether oxygens (including phenoxy) is 2. The Balaban J connectivity index is 1.92. The maximum Gasteiger partial charge on any atom is 0.172 e. The van der Waals surface area contributed by atoms with Gasteiger partial charge in [-0.15, -0.1) is 0 Å². The minimum Gasteiger partial charge on any atom is -0.504 e. The van der Waals surface area contributed by atoms with Gasteiger partial charge < -0.3 is 14.6 Å².